The normalized spacial score (nSPS) is 26.6. The monoisotopic (exact) mass is 230 g/mol. The van der Waals surface area contributed by atoms with Gasteiger partial charge in [0.25, 0.3) is 0 Å². The summed E-state index contributed by atoms with van der Waals surface area (Å²) in [6.07, 6.45) is 1.90. The second-order valence-corrected chi connectivity index (χ2v) is 4.83. The maximum Gasteiger partial charge on any atom is 0.0895 e. The van der Waals surface area contributed by atoms with Gasteiger partial charge in [0.15, 0.2) is 0 Å². The van der Waals surface area contributed by atoms with Crippen LogP contribution in [-0.4, -0.2) is 60.0 Å². The minimum atomic E-state index is -0.631. The Bertz CT molecular complexity index is 190. The van der Waals surface area contributed by atoms with E-state index in [0.29, 0.717) is 18.5 Å². The van der Waals surface area contributed by atoms with Crippen LogP contribution in [0.5, 0.6) is 0 Å². The van der Waals surface area contributed by atoms with Crippen LogP contribution in [0.4, 0.5) is 0 Å². The van der Waals surface area contributed by atoms with Gasteiger partial charge in [0, 0.05) is 19.1 Å². The fourth-order valence-corrected chi connectivity index (χ4v) is 2.34. The van der Waals surface area contributed by atoms with Gasteiger partial charge in [-0.15, -0.1) is 0 Å². The highest BCUT2D eigenvalue weighted by atomic mass is 16.3. The van der Waals surface area contributed by atoms with Crippen LogP contribution < -0.4 is 5.32 Å². The molecule has 0 spiro atoms. The summed E-state index contributed by atoms with van der Waals surface area (Å²) < 4.78 is 0. The summed E-state index contributed by atoms with van der Waals surface area (Å²) in [5, 5.41) is 21.3. The van der Waals surface area contributed by atoms with E-state index in [-0.39, 0.29) is 6.61 Å². The predicted molar refractivity (Wildman–Crippen MR) is 65.4 cm³/mol. The first kappa shape index (κ1) is 13.9. The maximum atomic E-state index is 9.28. The number of nitrogens with zero attached hydrogens (tertiary/aromatic N) is 1. The Morgan fingerprint density at radius 1 is 1.50 bits per heavy atom. The molecule has 3 N–H and O–H groups in total. The Morgan fingerprint density at radius 2 is 2.25 bits per heavy atom. The van der Waals surface area contributed by atoms with Gasteiger partial charge in [-0.2, -0.15) is 0 Å². The lowest BCUT2D eigenvalue weighted by atomic mass is 9.91. The van der Waals surface area contributed by atoms with Crippen molar-refractivity contribution in [2.24, 2.45) is 5.92 Å². The van der Waals surface area contributed by atoms with Gasteiger partial charge >= 0.3 is 0 Å². The largest absolute Gasteiger partial charge is 0.394 e. The van der Waals surface area contributed by atoms with E-state index in [0.717, 1.165) is 13.1 Å². The molecule has 16 heavy (non-hydrogen) atoms. The Morgan fingerprint density at radius 3 is 2.88 bits per heavy atom. The third-order valence-corrected chi connectivity index (χ3v) is 3.58. The molecule has 3 unspecified atom stereocenters. The smallest absolute Gasteiger partial charge is 0.0895 e. The highest BCUT2D eigenvalue weighted by Gasteiger charge is 2.23. The van der Waals surface area contributed by atoms with E-state index < -0.39 is 6.10 Å². The van der Waals surface area contributed by atoms with Crippen LogP contribution in [0.15, 0.2) is 0 Å². The van der Waals surface area contributed by atoms with Crippen molar-refractivity contribution < 1.29 is 10.2 Å². The molecule has 0 amide bonds. The second kappa shape index (κ2) is 7.22. The van der Waals surface area contributed by atoms with Gasteiger partial charge in [-0.1, -0.05) is 6.92 Å². The van der Waals surface area contributed by atoms with Gasteiger partial charge in [0.1, 0.15) is 0 Å². The van der Waals surface area contributed by atoms with Crippen molar-refractivity contribution in [1.29, 1.82) is 0 Å². The van der Waals surface area contributed by atoms with E-state index in [1.54, 1.807) is 0 Å². The van der Waals surface area contributed by atoms with Crippen LogP contribution in [-0.2, 0) is 0 Å². The lowest BCUT2D eigenvalue weighted by molar-refractivity contribution is 0.0856. The van der Waals surface area contributed by atoms with E-state index in [2.05, 4.69) is 24.1 Å². The minimum Gasteiger partial charge on any atom is -0.394 e. The predicted octanol–water partition coefficient (Wildman–Crippen LogP) is 0.0496. The van der Waals surface area contributed by atoms with Crippen molar-refractivity contribution in [1.82, 2.24) is 10.2 Å². The molecule has 1 saturated heterocycles. The second-order valence-electron chi connectivity index (χ2n) is 4.83. The van der Waals surface area contributed by atoms with Crippen molar-refractivity contribution in [3.63, 3.8) is 0 Å². The van der Waals surface area contributed by atoms with Crippen molar-refractivity contribution in [2.45, 2.75) is 38.8 Å². The Hall–Kier alpha value is -0.160. The Kier molecular flexibility index (Phi) is 6.28. The summed E-state index contributed by atoms with van der Waals surface area (Å²) in [7, 11) is 0. The molecule has 4 nitrogen and oxygen atoms in total. The Labute approximate surface area is 98.6 Å². The zero-order chi connectivity index (χ0) is 12.0. The average molecular weight is 230 g/mol. The van der Waals surface area contributed by atoms with E-state index >= 15 is 0 Å². The molecule has 1 fully saturated rings. The molecule has 1 rings (SSSR count). The van der Waals surface area contributed by atoms with E-state index in [1.165, 1.54) is 19.4 Å². The van der Waals surface area contributed by atoms with Crippen molar-refractivity contribution in [2.75, 3.05) is 32.8 Å². The van der Waals surface area contributed by atoms with Gasteiger partial charge in [-0.05, 0) is 38.8 Å². The maximum absolute atomic E-state index is 9.28. The number of hydrogen-bond donors (Lipinski definition) is 3. The van der Waals surface area contributed by atoms with Crippen LogP contribution in [0.25, 0.3) is 0 Å². The fraction of sp³-hybridized carbons (Fsp3) is 1.00. The lowest BCUT2D eigenvalue weighted by Gasteiger charge is -2.35. The molecule has 1 aliphatic heterocycles. The summed E-state index contributed by atoms with van der Waals surface area (Å²) in [4.78, 5) is 2.48. The molecule has 0 saturated carbocycles. The zero-order valence-corrected chi connectivity index (χ0v) is 10.5. The standard InChI is InChI=1S/C12H26N2O2/c1-3-14-6-4-5-11(8-14)10(2)13-7-12(16)9-15/h10-13,15-16H,3-9H2,1-2H3. The molecule has 1 aliphatic rings. The summed E-state index contributed by atoms with van der Waals surface area (Å²) in [5.41, 5.74) is 0. The van der Waals surface area contributed by atoms with E-state index in [9.17, 15) is 5.11 Å². The van der Waals surface area contributed by atoms with Crippen LogP contribution in [0, 0.1) is 5.92 Å². The molecule has 1 heterocycles. The van der Waals surface area contributed by atoms with Gasteiger partial charge in [-0.3, -0.25) is 0 Å². The van der Waals surface area contributed by atoms with E-state index in [4.69, 9.17) is 5.11 Å². The topological polar surface area (TPSA) is 55.7 Å². The molecule has 0 bridgehead atoms. The van der Waals surface area contributed by atoms with Crippen LogP contribution in [0.3, 0.4) is 0 Å². The van der Waals surface area contributed by atoms with E-state index in [1.807, 2.05) is 0 Å². The Balaban J connectivity index is 2.27. The quantitative estimate of drug-likeness (QED) is 0.603. The molecule has 96 valence electrons. The van der Waals surface area contributed by atoms with Crippen LogP contribution in [0.1, 0.15) is 26.7 Å². The summed E-state index contributed by atoms with van der Waals surface area (Å²) in [6.45, 7) is 8.21. The SMILES string of the molecule is CCN1CCCC(C(C)NCC(O)CO)C1. The minimum absolute atomic E-state index is 0.161. The number of aliphatic hydroxyl groups excluding tert-OH is 2. The molecule has 0 aromatic heterocycles. The van der Waals surface area contributed by atoms with Crippen molar-refractivity contribution >= 4 is 0 Å². The van der Waals surface area contributed by atoms with Crippen LogP contribution >= 0.6 is 0 Å². The highest BCUT2D eigenvalue weighted by Crippen LogP contribution is 2.19. The van der Waals surface area contributed by atoms with Crippen molar-refractivity contribution in [3.05, 3.63) is 0 Å². The summed E-state index contributed by atoms with van der Waals surface area (Å²) >= 11 is 0. The third-order valence-electron chi connectivity index (χ3n) is 3.58. The first-order valence-electron chi connectivity index (χ1n) is 6.42. The molecular formula is C12H26N2O2. The molecule has 0 aromatic rings. The zero-order valence-electron chi connectivity index (χ0n) is 10.5. The number of nitrogens with one attached hydrogen (secondary N) is 1. The third kappa shape index (κ3) is 4.37. The molecule has 0 aliphatic carbocycles. The number of rotatable bonds is 6. The first-order chi connectivity index (χ1) is 7.67. The number of likely N-dealkylation sites (tertiary alicyclic amines) is 1. The molecule has 0 radical (unpaired) electrons. The van der Waals surface area contributed by atoms with Gasteiger partial charge in [-0.25, -0.2) is 0 Å². The summed E-state index contributed by atoms with van der Waals surface area (Å²) in [6, 6.07) is 0.413. The van der Waals surface area contributed by atoms with Crippen LogP contribution in [0.2, 0.25) is 0 Å². The number of hydrogen-bond acceptors (Lipinski definition) is 4. The lowest BCUT2D eigenvalue weighted by Crippen LogP contribution is -2.46. The molecule has 3 atom stereocenters. The van der Waals surface area contributed by atoms with Gasteiger partial charge < -0.3 is 20.4 Å². The fourth-order valence-electron chi connectivity index (χ4n) is 2.34. The number of piperidine rings is 1. The van der Waals surface area contributed by atoms with Crippen molar-refractivity contribution in [3.8, 4) is 0 Å². The summed E-state index contributed by atoms with van der Waals surface area (Å²) in [5.74, 6) is 0.666. The van der Waals surface area contributed by atoms with Gasteiger partial charge in [0.2, 0.25) is 0 Å². The molecule has 0 aromatic carbocycles. The van der Waals surface area contributed by atoms with Gasteiger partial charge in [0.05, 0.1) is 12.7 Å². The molecular weight excluding hydrogens is 204 g/mol. The number of aliphatic hydroxyl groups is 2. The average Bonchev–Trinajstić information content (AvgIpc) is 2.35. The molecule has 4 heteroatoms. The first-order valence-corrected chi connectivity index (χ1v) is 6.42. The highest BCUT2D eigenvalue weighted by molar-refractivity contribution is 4.80.